The van der Waals surface area contributed by atoms with Gasteiger partial charge in [-0.05, 0) is 89.0 Å². The Labute approximate surface area is 167 Å². The average molecular weight is 376 g/mol. The molecule has 1 heterocycles. The lowest BCUT2D eigenvalue weighted by Crippen LogP contribution is -2.42. The van der Waals surface area contributed by atoms with Crippen LogP contribution in [0.15, 0.2) is 24.3 Å². The first-order valence-corrected chi connectivity index (χ1v) is 10.8. The molecule has 1 atom stereocenters. The van der Waals surface area contributed by atoms with E-state index >= 15 is 0 Å². The number of hydrogen-bond acceptors (Lipinski definition) is 3. The van der Waals surface area contributed by atoms with Crippen molar-refractivity contribution < 1.29 is 9.47 Å². The second kappa shape index (κ2) is 9.93. The van der Waals surface area contributed by atoms with Crippen LogP contribution in [0.4, 0.5) is 0 Å². The third-order valence-corrected chi connectivity index (χ3v) is 5.63. The molecule has 0 aliphatic carbocycles. The van der Waals surface area contributed by atoms with E-state index in [1.807, 2.05) is 0 Å². The van der Waals surface area contributed by atoms with Gasteiger partial charge in [-0.2, -0.15) is 0 Å². The third-order valence-electron chi connectivity index (χ3n) is 5.63. The predicted molar refractivity (Wildman–Crippen MR) is 114 cm³/mol. The number of ether oxygens (including phenoxy) is 2. The van der Waals surface area contributed by atoms with Crippen LogP contribution in [0, 0.1) is 11.3 Å². The predicted octanol–water partition coefficient (Wildman–Crippen LogP) is 5.97. The first-order valence-electron chi connectivity index (χ1n) is 10.8. The number of benzene rings is 1. The van der Waals surface area contributed by atoms with Crippen LogP contribution < -0.4 is 10.1 Å². The summed E-state index contributed by atoms with van der Waals surface area (Å²) in [6.07, 6.45) is 6.47. The van der Waals surface area contributed by atoms with E-state index in [0.717, 1.165) is 31.4 Å². The van der Waals surface area contributed by atoms with Gasteiger partial charge < -0.3 is 14.8 Å². The molecule has 1 aliphatic rings. The van der Waals surface area contributed by atoms with E-state index in [0.29, 0.717) is 5.41 Å². The fourth-order valence-electron chi connectivity index (χ4n) is 4.28. The van der Waals surface area contributed by atoms with Crippen LogP contribution in [0.5, 0.6) is 5.75 Å². The monoisotopic (exact) mass is 375 g/mol. The van der Waals surface area contributed by atoms with Gasteiger partial charge in [0.25, 0.3) is 0 Å². The molecule has 1 aromatic rings. The summed E-state index contributed by atoms with van der Waals surface area (Å²) in [6.45, 7) is 16.2. The molecule has 1 fully saturated rings. The summed E-state index contributed by atoms with van der Waals surface area (Å²) in [5.74, 6) is 1.72. The number of hydrogen-bond donors (Lipinski definition) is 1. The van der Waals surface area contributed by atoms with E-state index in [-0.39, 0.29) is 11.7 Å². The third kappa shape index (κ3) is 7.83. The summed E-state index contributed by atoms with van der Waals surface area (Å²) < 4.78 is 11.7. The van der Waals surface area contributed by atoms with Gasteiger partial charge in [0.05, 0.1) is 11.7 Å². The molecule has 2 rings (SSSR count). The fraction of sp³-hybridized carbons (Fsp3) is 0.750. The number of nitrogens with one attached hydrogen (secondary N) is 1. The van der Waals surface area contributed by atoms with Gasteiger partial charge in [-0.3, -0.25) is 0 Å². The van der Waals surface area contributed by atoms with Crippen molar-refractivity contribution in [1.29, 1.82) is 0 Å². The van der Waals surface area contributed by atoms with Gasteiger partial charge in [0.2, 0.25) is 0 Å². The van der Waals surface area contributed by atoms with E-state index in [1.54, 1.807) is 0 Å². The lowest BCUT2D eigenvalue weighted by Gasteiger charge is -2.45. The van der Waals surface area contributed by atoms with Crippen molar-refractivity contribution in [3.8, 4) is 5.75 Å². The smallest absolute Gasteiger partial charge is 0.119 e. The lowest BCUT2D eigenvalue weighted by atomic mass is 9.68. The lowest BCUT2D eigenvalue weighted by molar-refractivity contribution is -0.110. The second-order valence-corrected chi connectivity index (χ2v) is 9.70. The zero-order chi connectivity index (χ0) is 19.9. The van der Waals surface area contributed by atoms with Crippen molar-refractivity contribution in [1.82, 2.24) is 5.32 Å². The largest absolute Gasteiger partial charge is 0.491 e. The van der Waals surface area contributed by atoms with E-state index in [1.165, 1.54) is 37.7 Å². The highest BCUT2D eigenvalue weighted by molar-refractivity contribution is 5.27. The highest BCUT2D eigenvalue weighted by Gasteiger charge is 2.40. The Morgan fingerprint density at radius 1 is 1.07 bits per heavy atom. The highest BCUT2D eigenvalue weighted by Crippen LogP contribution is 2.45. The Balaban J connectivity index is 1.84. The van der Waals surface area contributed by atoms with Gasteiger partial charge in [-0.1, -0.05) is 32.4 Å². The van der Waals surface area contributed by atoms with Crippen LogP contribution in [-0.2, 0) is 11.3 Å². The van der Waals surface area contributed by atoms with Crippen LogP contribution in [-0.4, -0.2) is 24.9 Å². The Bertz CT molecular complexity index is 550. The fourth-order valence-corrected chi connectivity index (χ4v) is 4.28. The molecule has 1 saturated heterocycles. The standard InChI is InChI=1S/C24H41NO2/c1-19(2)11-12-24(14-16-26-23(5,6)18-24)13-15-25-17-21-7-9-22(10-8-21)27-20(3)4/h7-10,19-20,25H,11-18H2,1-6H3. The van der Waals surface area contributed by atoms with Crippen molar-refractivity contribution >= 4 is 0 Å². The van der Waals surface area contributed by atoms with Crippen molar-refractivity contribution in [3.63, 3.8) is 0 Å². The summed E-state index contributed by atoms with van der Waals surface area (Å²) in [6, 6.07) is 8.47. The van der Waals surface area contributed by atoms with Gasteiger partial charge in [0, 0.05) is 13.2 Å². The summed E-state index contributed by atoms with van der Waals surface area (Å²) in [4.78, 5) is 0. The molecule has 1 aromatic carbocycles. The second-order valence-electron chi connectivity index (χ2n) is 9.70. The molecule has 1 unspecified atom stereocenters. The summed E-state index contributed by atoms with van der Waals surface area (Å²) in [5, 5.41) is 3.67. The van der Waals surface area contributed by atoms with Gasteiger partial charge in [-0.25, -0.2) is 0 Å². The van der Waals surface area contributed by atoms with Crippen molar-refractivity contribution in [2.45, 2.75) is 91.9 Å². The van der Waals surface area contributed by atoms with Crippen molar-refractivity contribution in [2.75, 3.05) is 13.2 Å². The number of rotatable bonds is 10. The minimum absolute atomic E-state index is 0.0154. The Morgan fingerprint density at radius 3 is 2.37 bits per heavy atom. The minimum atomic E-state index is 0.0154. The van der Waals surface area contributed by atoms with Crippen molar-refractivity contribution in [2.24, 2.45) is 11.3 Å². The van der Waals surface area contributed by atoms with Crippen molar-refractivity contribution in [3.05, 3.63) is 29.8 Å². The molecule has 0 spiro atoms. The molecule has 0 saturated carbocycles. The molecule has 3 heteroatoms. The average Bonchev–Trinajstić information content (AvgIpc) is 2.57. The van der Waals surface area contributed by atoms with E-state index in [4.69, 9.17) is 9.47 Å². The highest BCUT2D eigenvalue weighted by atomic mass is 16.5. The normalized spacial score (nSPS) is 22.4. The Morgan fingerprint density at radius 2 is 1.78 bits per heavy atom. The summed E-state index contributed by atoms with van der Waals surface area (Å²) in [7, 11) is 0. The molecular weight excluding hydrogens is 334 g/mol. The topological polar surface area (TPSA) is 30.5 Å². The maximum Gasteiger partial charge on any atom is 0.119 e. The maximum atomic E-state index is 6.01. The van der Waals surface area contributed by atoms with E-state index < -0.39 is 0 Å². The molecule has 0 aromatic heterocycles. The van der Waals surface area contributed by atoms with Gasteiger partial charge in [0.15, 0.2) is 0 Å². The zero-order valence-electron chi connectivity index (χ0n) is 18.4. The molecule has 0 amide bonds. The molecule has 3 nitrogen and oxygen atoms in total. The van der Waals surface area contributed by atoms with Crippen LogP contribution in [0.1, 0.15) is 79.2 Å². The van der Waals surface area contributed by atoms with Crippen LogP contribution in [0.2, 0.25) is 0 Å². The molecule has 27 heavy (non-hydrogen) atoms. The first kappa shape index (κ1) is 22.2. The van der Waals surface area contributed by atoms with Crippen LogP contribution in [0.3, 0.4) is 0 Å². The SMILES string of the molecule is CC(C)CCC1(CCNCc2ccc(OC(C)C)cc2)CCOC(C)(C)C1. The quantitative estimate of drug-likeness (QED) is 0.511. The first-order chi connectivity index (χ1) is 12.7. The molecule has 1 N–H and O–H groups in total. The summed E-state index contributed by atoms with van der Waals surface area (Å²) in [5.41, 5.74) is 1.75. The Hall–Kier alpha value is -1.06. The van der Waals surface area contributed by atoms with Gasteiger partial charge in [0.1, 0.15) is 5.75 Å². The van der Waals surface area contributed by atoms with E-state index in [2.05, 4.69) is 71.1 Å². The summed E-state index contributed by atoms with van der Waals surface area (Å²) >= 11 is 0. The maximum absolute atomic E-state index is 6.01. The molecule has 0 radical (unpaired) electrons. The van der Waals surface area contributed by atoms with Crippen LogP contribution in [0.25, 0.3) is 0 Å². The van der Waals surface area contributed by atoms with Crippen LogP contribution >= 0.6 is 0 Å². The molecular formula is C24H41NO2. The zero-order valence-corrected chi connectivity index (χ0v) is 18.4. The molecule has 154 valence electrons. The van der Waals surface area contributed by atoms with E-state index in [9.17, 15) is 0 Å². The minimum Gasteiger partial charge on any atom is -0.491 e. The molecule has 0 bridgehead atoms. The van der Waals surface area contributed by atoms with Gasteiger partial charge in [-0.15, -0.1) is 0 Å². The van der Waals surface area contributed by atoms with Gasteiger partial charge >= 0.3 is 0 Å². The Kier molecular flexibility index (Phi) is 8.18. The molecule has 1 aliphatic heterocycles.